The molecule has 1 aromatic carbocycles. The first-order valence-corrected chi connectivity index (χ1v) is 6.26. The molecule has 0 heterocycles. The zero-order chi connectivity index (χ0) is 11.3. The first-order valence-electron chi connectivity index (χ1n) is 4.53. The van der Waals surface area contributed by atoms with E-state index in [1.807, 2.05) is 0 Å². The lowest BCUT2D eigenvalue weighted by Gasteiger charge is -2.04. The maximum Gasteiger partial charge on any atom is 0.225 e. The zero-order valence-electron chi connectivity index (χ0n) is 8.53. The van der Waals surface area contributed by atoms with Gasteiger partial charge in [-0.3, -0.25) is 9.00 Å². The zero-order valence-corrected chi connectivity index (χ0v) is 9.34. The minimum Gasteiger partial charge on any atom is -0.399 e. The van der Waals surface area contributed by atoms with Crippen LogP contribution in [0.5, 0.6) is 0 Å². The predicted molar refractivity (Wildman–Crippen MR) is 63.0 cm³/mol. The summed E-state index contributed by atoms with van der Waals surface area (Å²) in [6, 6.07) is 6.96. The van der Waals surface area contributed by atoms with Crippen molar-refractivity contribution < 1.29 is 9.00 Å². The molecule has 0 saturated heterocycles. The fourth-order valence-corrected chi connectivity index (χ4v) is 1.55. The second-order valence-electron chi connectivity index (χ2n) is 3.20. The maximum atomic E-state index is 11.3. The lowest BCUT2D eigenvalue weighted by Crippen LogP contribution is -2.14. The second-order valence-corrected chi connectivity index (χ2v) is 4.76. The van der Waals surface area contributed by atoms with Crippen molar-refractivity contribution in [2.75, 3.05) is 23.1 Å². The third-order valence-electron chi connectivity index (χ3n) is 1.79. The van der Waals surface area contributed by atoms with Crippen LogP contribution in [0.15, 0.2) is 24.3 Å². The van der Waals surface area contributed by atoms with Gasteiger partial charge in [0.05, 0.1) is 0 Å². The molecule has 15 heavy (non-hydrogen) atoms. The highest BCUT2D eigenvalue weighted by atomic mass is 32.2. The van der Waals surface area contributed by atoms with Crippen LogP contribution in [-0.2, 0) is 15.6 Å². The van der Waals surface area contributed by atoms with Gasteiger partial charge in [0.25, 0.3) is 0 Å². The van der Waals surface area contributed by atoms with Crippen molar-refractivity contribution in [3.63, 3.8) is 0 Å². The number of nitrogen functional groups attached to an aromatic ring is 1. The molecule has 82 valence electrons. The molecule has 0 spiro atoms. The molecule has 0 fully saturated rings. The number of hydrogen-bond acceptors (Lipinski definition) is 3. The van der Waals surface area contributed by atoms with Crippen LogP contribution < -0.4 is 11.1 Å². The van der Waals surface area contributed by atoms with Crippen molar-refractivity contribution in [3.8, 4) is 0 Å². The number of benzene rings is 1. The summed E-state index contributed by atoms with van der Waals surface area (Å²) in [6.45, 7) is 0. The standard InChI is InChI=1S/C10H14N2O2S/c1-15(14)6-5-10(13)12-9-4-2-3-8(11)7-9/h2-4,7H,5-6,11H2,1H3,(H,12,13). The van der Waals surface area contributed by atoms with Crippen molar-refractivity contribution in [2.24, 2.45) is 0 Å². The third-order valence-corrected chi connectivity index (χ3v) is 2.57. The summed E-state index contributed by atoms with van der Waals surface area (Å²) in [4.78, 5) is 11.3. The number of nitrogens with two attached hydrogens (primary N) is 1. The summed E-state index contributed by atoms with van der Waals surface area (Å²) in [6.07, 6.45) is 1.84. The average Bonchev–Trinajstić information content (AvgIpc) is 2.15. The van der Waals surface area contributed by atoms with Crippen molar-refractivity contribution in [2.45, 2.75) is 6.42 Å². The van der Waals surface area contributed by atoms with Gasteiger partial charge in [-0.2, -0.15) is 0 Å². The molecule has 3 N–H and O–H groups in total. The van der Waals surface area contributed by atoms with Crippen LogP contribution >= 0.6 is 0 Å². The summed E-state index contributed by atoms with van der Waals surface area (Å²) < 4.78 is 10.8. The molecule has 1 amide bonds. The number of rotatable bonds is 4. The van der Waals surface area contributed by atoms with Crippen molar-refractivity contribution >= 4 is 28.1 Å². The Bertz CT molecular complexity index is 379. The average molecular weight is 226 g/mol. The van der Waals surface area contributed by atoms with Crippen LogP contribution in [0.1, 0.15) is 6.42 Å². The Morgan fingerprint density at radius 1 is 1.53 bits per heavy atom. The largest absolute Gasteiger partial charge is 0.399 e. The Balaban J connectivity index is 2.48. The van der Waals surface area contributed by atoms with Crippen LogP contribution in [-0.4, -0.2) is 22.1 Å². The van der Waals surface area contributed by atoms with Gasteiger partial charge >= 0.3 is 0 Å². The second kappa shape index (κ2) is 5.50. The predicted octanol–water partition coefficient (Wildman–Crippen LogP) is 0.976. The highest BCUT2D eigenvalue weighted by Gasteiger charge is 2.03. The molecule has 1 unspecified atom stereocenters. The molecule has 0 aliphatic carbocycles. The fraction of sp³-hybridized carbons (Fsp3) is 0.300. The van der Waals surface area contributed by atoms with Gasteiger partial charge < -0.3 is 11.1 Å². The summed E-state index contributed by atoms with van der Waals surface area (Å²) in [5.74, 6) is 0.240. The van der Waals surface area contributed by atoms with Crippen LogP contribution in [0.4, 0.5) is 11.4 Å². The Morgan fingerprint density at radius 3 is 2.87 bits per heavy atom. The van der Waals surface area contributed by atoms with Gasteiger partial charge in [0.15, 0.2) is 0 Å². The summed E-state index contributed by atoms with van der Waals surface area (Å²) in [7, 11) is -0.934. The SMILES string of the molecule is CS(=O)CCC(=O)Nc1cccc(N)c1. The normalized spacial score (nSPS) is 12.1. The van der Waals surface area contributed by atoms with Crippen molar-refractivity contribution in [1.29, 1.82) is 0 Å². The number of hydrogen-bond donors (Lipinski definition) is 2. The van der Waals surface area contributed by atoms with Crippen LogP contribution in [0.2, 0.25) is 0 Å². The summed E-state index contributed by atoms with van der Waals surface area (Å²) >= 11 is 0. The van der Waals surface area contributed by atoms with Gasteiger partial charge in [-0.15, -0.1) is 0 Å². The monoisotopic (exact) mass is 226 g/mol. The van der Waals surface area contributed by atoms with Gasteiger partial charge in [0.1, 0.15) is 0 Å². The fourth-order valence-electron chi connectivity index (χ4n) is 1.08. The highest BCUT2D eigenvalue weighted by Crippen LogP contribution is 2.11. The van der Waals surface area contributed by atoms with Gasteiger partial charge in [-0.1, -0.05) is 6.07 Å². The van der Waals surface area contributed by atoms with Gasteiger partial charge in [-0.05, 0) is 18.2 Å². The van der Waals surface area contributed by atoms with Gasteiger partial charge in [0, 0.05) is 40.6 Å². The Kier molecular flexibility index (Phi) is 4.30. The smallest absolute Gasteiger partial charge is 0.225 e. The van der Waals surface area contributed by atoms with E-state index in [9.17, 15) is 9.00 Å². The number of nitrogens with one attached hydrogen (secondary N) is 1. The Labute approximate surface area is 91.3 Å². The van der Waals surface area contributed by atoms with E-state index in [-0.39, 0.29) is 12.3 Å². The topological polar surface area (TPSA) is 72.2 Å². The van der Waals surface area contributed by atoms with E-state index >= 15 is 0 Å². The molecule has 0 bridgehead atoms. The molecule has 0 radical (unpaired) electrons. The molecule has 4 nitrogen and oxygen atoms in total. The number of carbonyl (C=O) groups is 1. The molecule has 0 aromatic heterocycles. The molecule has 0 saturated carbocycles. The lowest BCUT2D eigenvalue weighted by atomic mass is 10.3. The first kappa shape index (κ1) is 11.7. The molecule has 1 atom stereocenters. The highest BCUT2D eigenvalue weighted by molar-refractivity contribution is 7.84. The maximum absolute atomic E-state index is 11.3. The van der Waals surface area contributed by atoms with Gasteiger partial charge in [-0.25, -0.2) is 0 Å². The van der Waals surface area contributed by atoms with E-state index in [1.54, 1.807) is 30.5 Å². The minimum absolute atomic E-state index is 0.143. The first-order chi connectivity index (χ1) is 7.08. The summed E-state index contributed by atoms with van der Waals surface area (Å²) in [5.41, 5.74) is 6.83. The molecule has 5 heteroatoms. The lowest BCUT2D eigenvalue weighted by molar-refractivity contribution is -0.115. The minimum atomic E-state index is -0.934. The van der Waals surface area contributed by atoms with Crippen LogP contribution in [0.25, 0.3) is 0 Å². The molecular weight excluding hydrogens is 212 g/mol. The van der Waals surface area contributed by atoms with Crippen molar-refractivity contribution in [1.82, 2.24) is 0 Å². The Hall–Kier alpha value is -1.36. The van der Waals surface area contributed by atoms with E-state index in [0.29, 0.717) is 17.1 Å². The van der Waals surface area contributed by atoms with Crippen molar-refractivity contribution in [3.05, 3.63) is 24.3 Å². The van der Waals surface area contributed by atoms with E-state index in [4.69, 9.17) is 5.73 Å². The van der Waals surface area contributed by atoms with E-state index in [1.165, 1.54) is 0 Å². The molecule has 0 aliphatic rings. The molecule has 0 aliphatic heterocycles. The van der Waals surface area contributed by atoms with Crippen LogP contribution in [0, 0.1) is 0 Å². The number of anilines is 2. The molecular formula is C10H14N2O2S. The quantitative estimate of drug-likeness (QED) is 0.752. The van der Waals surface area contributed by atoms with E-state index < -0.39 is 10.8 Å². The third kappa shape index (κ3) is 4.60. The van der Waals surface area contributed by atoms with E-state index in [2.05, 4.69) is 5.32 Å². The summed E-state index contributed by atoms with van der Waals surface area (Å²) in [5, 5.41) is 2.68. The number of carbonyl (C=O) groups excluding carboxylic acids is 1. The van der Waals surface area contributed by atoms with E-state index in [0.717, 1.165) is 0 Å². The number of amides is 1. The molecule has 1 rings (SSSR count). The molecule has 1 aromatic rings. The van der Waals surface area contributed by atoms with Gasteiger partial charge in [0.2, 0.25) is 5.91 Å². The van der Waals surface area contributed by atoms with Crippen LogP contribution in [0.3, 0.4) is 0 Å². The Morgan fingerprint density at radius 2 is 2.27 bits per heavy atom.